The molecule has 1 unspecified atom stereocenters. The summed E-state index contributed by atoms with van der Waals surface area (Å²) in [6.07, 6.45) is 0.721. The van der Waals surface area contributed by atoms with Crippen molar-refractivity contribution in [3.63, 3.8) is 0 Å². The highest BCUT2D eigenvalue weighted by Crippen LogP contribution is 2.28. The van der Waals surface area contributed by atoms with E-state index >= 15 is 0 Å². The van der Waals surface area contributed by atoms with Gasteiger partial charge in [0.15, 0.2) is 0 Å². The Morgan fingerprint density at radius 1 is 1.17 bits per heavy atom. The second-order valence-corrected chi connectivity index (χ2v) is 7.36. The molecule has 120 valence electrons. The van der Waals surface area contributed by atoms with E-state index in [0.717, 1.165) is 27.8 Å². The van der Waals surface area contributed by atoms with Gasteiger partial charge in [-0.1, -0.05) is 46.3 Å². The summed E-state index contributed by atoms with van der Waals surface area (Å²) in [5.41, 5.74) is 1.75. The van der Waals surface area contributed by atoms with Crippen LogP contribution in [-0.2, 0) is 16.8 Å². The number of para-hydroxylation sites is 1. The Hall–Kier alpha value is -1.81. The van der Waals surface area contributed by atoms with E-state index in [1.807, 2.05) is 62.4 Å². The van der Waals surface area contributed by atoms with Crippen LogP contribution in [-0.4, -0.2) is 12.5 Å². The number of amides is 1. The van der Waals surface area contributed by atoms with E-state index in [4.69, 9.17) is 4.74 Å². The number of carbonyl (C=O) groups excluding carboxylic acids is 1. The van der Waals surface area contributed by atoms with Gasteiger partial charge < -0.3 is 10.1 Å². The van der Waals surface area contributed by atoms with Gasteiger partial charge >= 0.3 is 0 Å². The molecule has 1 heterocycles. The molecule has 0 bridgehead atoms. The summed E-state index contributed by atoms with van der Waals surface area (Å²) in [4.78, 5) is 12.7. The minimum absolute atomic E-state index is 0.0346. The highest BCUT2D eigenvalue weighted by molar-refractivity contribution is 9.10. The average Bonchev–Trinajstić information content (AvgIpc) is 2.54. The largest absolute Gasteiger partial charge is 0.492 e. The first kappa shape index (κ1) is 16.1. The Morgan fingerprint density at radius 3 is 2.61 bits per heavy atom. The molecular formula is C19H20BrNO2. The van der Waals surface area contributed by atoms with E-state index in [1.165, 1.54) is 0 Å². The quantitative estimate of drug-likeness (QED) is 0.880. The second kappa shape index (κ2) is 6.36. The van der Waals surface area contributed by atoms with Crippen molar-refractivity contribution in [2.75, 3.05) is 6.61 Å². The molecule has 1 aliphatic rings. The normalized spacial score (nSPS) is 17.1. The minimum Gasteiger partial charge on any atom is -0.492 e. The van der Waals surface area contributed by atoms with Crippen LogP contribution in [0.2, 0.25) is 0 Å². The predicted molar refractivity (Wildman–Crippen MR) is 94.4 cm³/mol. The number of fused-ring (bicyclic) bond motifs is 1. The first-order chi connectivity index (χ1) is 11.0. The van der Waals surface area contributed by atoms with Crippen molar-refractivity contribution in [1.29, 1.82) is 0 Å². The maximum atomic E-state index is 12.7. The van der Waals surface area contributed by atoms with Crippen LogP contribution in [0.3, 0.4) is 0 Å². The molecule has 0 fully saturated rings. The summed E-state index contributed by atoms with van der Waals surface area (Å²) in [5.74, 6) is 0.774. The van der Waals surface area contributed by atoms with Gasteiger partial charge in [0.25, 0.3) is 0 Å². The predicted octanol–water partition coefficient (Wildman–Crippen LogP) is 4.05. The Labute approximate surface area is 145 Å². The fourth-order valence-electron chi connectivity index (χ4n) is 2.85. The van der Waals surface area contributed by atoms with E-state index in [9.17, 15) is 4.79 Å². The monoisotopic (exact) mass is 373 g/mol. The van der Waals surface area contributed by atoms with Crippen molar-refractivity contribution in [1.82, 2.24) is 5.32 Å². The van der Waals surface area contributed by atoms with Crippen LogP contribution < -0.4 is 10.1 Å². The van der Waals surface area contributed by atoms with Gasteiger partial charge in [0.2, 0.25) is 5.91 Å². The highest BCUT2D eigenvalue weighted by Gasteiger charge is 2.30. The van der Waals surface area contributed by atoms with Gasteiger partial charge in [-0.15, -0.1) is 0 Å². The van der Waals surface area contributed by atoms with Gasteiger partial charge in [0.1, 0.15) is 12.4 Å². The van der Waals surface area contributed by atoms with Gasteiger partial charge in [0.05, 0.1) is 11.5 Å². The molecular weight excluding hydrogens is 354 g/mol. The lowest BCUT2D eigenvalue weighted by molar-refractivity contribution is -0.128. The lowest BCUT2D eigenvalue weighted by atomic mass is 9.91. The number of nitrogens with one attached hydrogen (secondary N) is 1. The van der Waals surface area contributed by atoms with Crippen molar-refractivity contribution in [3.05, 3.63) is 64.1 Å². The Bertz CT molecular complexity index is 710. The average molecular weight is 374 g/mol. The van der Waals surface area contributed by atoms with Gasteiger partial charge in [-0.3, -0.25) is 4.79 Å². The number of hydrogen-bond acceptors (Lipinski definition) is 2. The lowest BCUT2D eigenvalue weighted by Crippen LogP contribution is -2.46. The molecule has 4 heteroatoms. The van der Waals surface area contributed by atoms with Crippen LogP contribution in [0, 0.1) is 5.92 Å². The Morgan fingerprint density at radius 2 is 1.87 bits per heavy atom. The van der Waals surface area contributed by atoms with Crippen molar-refractivity contribution >= 4 is 21.8 Å². The number of halogens is 1. The number of benzene rings is 2. The lowest BCUT2D eigenvalue weighted by Gasteiger charge is -2.31. The SMILES string of the molecule is CC(C)(NC(=O)C1COc2ccccc2C1)c1ccc(Br)cc1. The molecule has 3 rings (SSSR count). The molecule has 2 aromatic rings. The summed E-state index contributed by atoms with van der Waals surface area (Å²) in [6.45, 7) is 4.47. The first-order valence-electron chi connectivity index (χ1n) is 7.74. The van der Waals surface area contributed by atoms with Gasteiger partial charge in [-0.2, -0.15) is 0 Å². The number of carbonyl (C=O) groups is 1. The Balaban J connectivity index is 1.71. The van der Waals surface area contributed by atoms with Crippen molar-refractivity contribution < 1.29 is 9.53 Å². The zero-order valence-electron chi connectivity index (χ0n) is 13.3. The Kier molecular flexibility index (Phi) is 4.44. The molecule has 1 amide bonds. The molecule has 23 heavy (non-hydrogen) atoms. The molecule has 1 atom stereocenters. The smallest absolute Gasteiger partial charge is 0.227 e. The van der Waals surface area contributed by atoms with E-state index in [1.54, 1.807) is 0 Å². The van der Waals surface area contributed by atoms with E-state index in [-0.39, 0.29) is 11.8 Å². The molecule has 0 aliphatic carbocycles. The molecule has 0 spiro atoms. The third-order valence-electron chi connectivity index (χ3n) is 4.25. The molecule has 2 aromatic carbocycles. The highest BCUT2D eigenvalue weighted by atomic mass is 79.9. The fourth-order valence-corrected chi connectivity index (χ4v) is 3.11. The molecule has 0 radical (unpaired) electrons. The summed E-state index contributed by atoms with van der Waals surface area (Å²) < 4.78 is 6.75. The molecule has 1 N–H and O–H groups in total. The van der Waals surface area contributed by atoms with Crippen LogP contribution >= 0.6 is 15.9 Å². The molecule has 0 aromatic heterocycles. The van der Waals surface area contributed by atoms with Crippen LogP contribution in [0.15, 0.2) is 53.0 Å². The topological polar surface area (TPSA) is 38.3 Å². The fraction of sp³-hybridized carbons (Fsp3) is 0.316. The third kappa shape index (κ3) is 3.58. The summed E-state index contributed by atoms with van der Waals surface area (Å²) >= 11 is 3.44. The van der Waals surface area contributed by atoms with E-state index in [0.29, 0.717) is 6.61 Å². The third-order valence-corrected chi connectivity index (χ3v) is 4.78. The molecule has 0 saturated carbocycles. The van der Waals surface area contributed by atoms with Gasteiger partial charge in [-0.25, -0.2) is 0 Å². The number of rotatable bonds is 3. The zero-order chi connectivity index (χ0) is 16.4. The van der Waals surface area contributed by atoms with Crippen molar-refractivity contribution in [2.24, 2.45) is 5.92 Å². The summed E-state index contributed by atoms with van der Waals surface area (Å²) in [5, 5.41) is 3.16. The standard InChI is InChI=1S/C19H20BrNO2/c1-19(2,15-7-9-16(20)10-8-15)21-18(22)14-11-13-5-3-4-6-17(13)23-12-14/h3-10,14H,11-12H2,1-2H3,(H,21,22). The van der Waals surface area contributed by atoms with Gasteiger partial charge in [-0.05, 0) is 49.6 Å². The maximum Gasteiger partial charge on any atom is 0.227 e. The van der Waals surface area contributed by atoms with Gasteiger partial charge in [0, 0.05) is 4.47 Å². The second-order valence-electron chi connectivity index (χ2n) is 6.44. The zero-order valence-corrected chi connectivity index (χ0v) is 14.9. The first-order valence-corrected chi connectivity index (χ1v) is 8.54. The molecule has 3 nitrogen and oxygen atoms in total. The van der Waals surface area contributed by atoms with Crippen LogP contribution in [0.25, 0.3) is 0 Å². The summed E-state index contributed by atoms with van der Waals surface area (Å²) in [6, 6.07) is 15.9. The summed E-state index contributed by atoms with van der Waals surface area (Å²) in [7, 11) is 0. The van der Waals surface area contributed by atoms with Crippen LogP contribution in [0.5, 0.6) is 5.75 Å². The minimum atomic E-state index is -0.422. The molecule has 1 aliphatic heterocycles. The van der Waals surface area contributed by atoms with E-state index < -0.39 is 5.54 Å². The van der Waals surface area contributed by atoms with Crippen LogP contribution in [0.1, 0.15) is 25.0 Å². The van der Waals surface area contributed by atoms with Crippen LogP contribution in [0.4, 0.5) is 0 Å². The number of ether oxygens (including phenoxy) is 1. The van der Waals surface area contributed by atoms with Crippen molar-refractivity contribution in [3.8, 4) is 5.75 Å². The number of hydrogen-bond donors (Lipinski definition) is 1. The van der Waals surface area contributed by atoms with Crippen molar-refractivity contribution in [2.45, 2.75) is 25.8 Å². The van der Waals surface area contributed by atoms with E-state index in [2.05, 4.69) is 21.2 Å². The maximum absolute atomic E-state index is 12.7. The molecule has 0 saturated heterocycles.